The highest BCUT2D eigenvalue weighted by Crippen LogP contribution is 2.13. The van der Waals surface area contributed by atoms with Crippen molar-refractivity contribution in [2.75, 3.05) is 33.4 Å². The fourth-order valence-corrected chi connectivity index (χ4v) is 2.80. The third kappa shape index (κ3) is 6.80. The minimum Gasteiger partial charge on any atom is -0.497 e. The van der Waals surface area contributed by atoms with Crippen LogP contribution in [0.2, 0.25) is 0 Å². The topological polar surface area (TPSA) is 94.2 Å². The molecule has 8 nitrogen and oxygen atoms in total. The Morgan fingerprint density at radius 1 is 1.11 bits per heavy atom. The van der Waals surface area contributed by atoms with Crippen molar-refractivity contribution in [3.63, 3.8) is 0 Å². The second kappa shape index (κ2) is 10.4. The molecule has 1 aromatic carbocycles. The molecule has 1 aliphatic rings. The van der Waals surface area contributed by atoms with E-state index in [0.29, 0.717) is 38.3 Å². The third-order valence-corrected chi connectivity index (χ3v) is 4.26. The predicted octanol–water partition coefficient (Wildman–Crippen LogP) is 1.52. The number of carbonyl (C=O) groups excluding carboxylic acids is 3. The molecule has 0 unspecified atom stereocenters. The highest BCUT2D eigenvalue weighted by atomic mass is 16.6. The van der Waals surface area contributed by atoms with Gasteiger partial charge in [-0.3, -0.25) is 9.59 Å². The Kier molecular flexibility index (Phi) is 7.91. The third-order valence-electron chi connectivity index (χ3n) is 4.26. The van der Waals surface area contributed by atoms with Crippen molar-refractivity contribution in [3.8, 4) is 5.75 Å². The number of ether oxygens (including phenoxy) is 3. The number of hydrogen-bond acceptors (Lipinski definition) is 6. The van der Waals surface area contributed by atoms with Gasteiger partial charge in [0.05, 0.1) is 20.1 Å². The number of benzene rings is 1. The summed E-state index contributed by atoms with van der Waals surface area (Å²) in [6, 6.07) is 7.04. The Balaban J connectivity index is 1.65. The zero-order chi connectivity index (χ0) is 19.6. The van der Waals surface area contributed by atoms with Gasteiger partial charge in [0.2, 0.25) is 0 Å². The van der Waals surface area contributed by atoms with E-state index in [1.54, 1.807) is 43.2 Å². The molecule has 0 bridgehead atoms. The summed E-state index contributed by atoms with van der Waals surface area (Å²) in [5.41, 5.74) is 0.785. The number of likely N-dealkylation sites (tertiary alicyclic amines) is 1. The first-order valence-corrected chi connectivity index (χ1v) is 9.01. The first-order valence-electron chi connectivity index (χ1n) is 9.01. The van der Waals surface area contributed by atoms with Crippen LogP contribution in [-0.2, 0) is 25.5 Å². The Bertz CT molecular complexity index is 638. The van der Waals surface area contributed by atoms with Crippen LogP contribution < -0.4 is 10.1 Å². The van der Waals surface area contributed by atoms with Gasteiger partial charge in [0.1, 0.15) is 5.75 Å². The van der Waals surface area contributed by atoms with Crippen molar-refractivity contribution in [2.45, 2.75) is 32.2 Å². The molecule has 1 heterocycles. The van der Waals surface area contributed by atoms with Crippen LogP contribution in [0.5, 0.6) is 5.75 Å². The summed E-state index contributed by atoms with van der Waals surface area (Å²) in [7, 11) is 1.57. The number of amides is 2. The van der Waals surface area contributed by atoms with Crippen LogP contribution in [0, 0.1) is 0 Å². The monoisotopic (exact) mass is 378 g/mol. The molecule has 0 spiro atoms. The van der Waals surface area contributed by atoms with E-state index in [4.69, 9.17) is 14.2 Å². The lowest BCUT2D eigenvalue weighted by Crippen LogP contribution is -2.47. The molecule has 0 radical (unpaired) electrons. The number of nitrogens with zero attached hydrogens (tertiary/aromatic N) is 1. The molecule has 148 valence electrons. The molecule has 0 atom stereocenters. The van der Waals surface area contributed by atoms with E-state index in [9.17, 15) is 14.4 Å². The average molecular weight is 378 g/mol. The molecule has 1 saturated heterocycles. The van der Waals surface area contributed by atoms with Gasteiger partial charge in [-0.2, -0.15) is 0 Å². The van der Waals surface area contributed by atoms with Crippen molar-refractivity contribution < 1.29 is 28.6 Å². The SMILES string of the molecule is CCOC(=O)N1CCC(NC(=O)COC(=O)Cc2ccc(OC)cc2)CC1. The maximum atomic E-state index is 12.0. The lowest BCUT2D eigenvalue weighted by molar-refractivity contribution is -0.148. The van der Waals surface area contributed by atoms with Crippen LogP contribution in [0.4, 0.5) is 4.79 Å². The van der Waals surface area contributed by atoms with E-state index >= 15 is 0 Å². The lowest BCUT2D eigenvalue weighted by Gasteiger charge is -2.31. The Labute approximate surface area is 158 Å². The van der Waals surface area contributed by atoms with Crippen molar-refractivity contribution >= 4 is 18.0 Å². The van der Waals surface area contributed by atoms with Crippen LogP contribution >= 0.6 is 0 Å². The minimum absolute atomic E-state index is 0.0385. The number of hydrogen-bond donors (Lipinski definition) is 1. The van der Waals surface area contributed by atoms with Gasteiger partial charge < -0.3 is 24.4 Å². The number of carbonyl (C=O) groups is 3. The summed E-state index contributed by atoms with van der Waals surface area (Å²) in [4.78, 5) is 37.1. The van der Waals surface area contributed by atoms with Gasteiger partial charge in [0.15, 0.2) is 6.61 Å². The standard InChI is InChI=1S/C19H26N2O6/c1-3-26-19(24)21-10-8-15(9-11-21)20-17(22)13-27-18(23)12-14-4-6-16(25-2)7-5-14/h4-7,15H,3,8-13H2,1-2H3,(H,20,22). The van der Waals surface area contributed by atoms with Crippen molar-refractivity contribution in [3.05, 3.63) is 29.8 Å². The largest absolute Gasteiger partial charge is 0.497 e. The quantitative estimate of drug-likeness (QED) is 0.723. The molecule has 0 aliphatic carbocycles. The predicted molar refractivity (Wildman–Crippen MR) is 97.4 cm³/mol. The van der Waals surface area contributed by atoms with Crippen LogP contribution in [0.15, 0.2) is 24.3 Å². The Morgan fingerprint density at radius 3 is 2.37 bits per heavy atom. The zero-order valence-electron chi connectivity index (χ0n) is 15.7. The van der Waals surface area contributed by atoms with E-state index in [1.807, 2.05) is 0 Å². The highest BCUT2D eigenvalue weighted by Gasteiger charge is 2.24. The van der Waals surface area contributed by atoms with Gasteiger partial charge in [-0.05, 0) is 37.5 Å². The van der Waals surface area contributed by atoms with Crippen LogP contribution in [0.25, 0.3) is 0 Å². The summed E-state index contributed by atoms with van der Waals surface area (Å²) < 4.78 is 15.0. The lowest BCUT2D eigenvalue weighted by atomic mass is 10.1. The van der Waals surface area contributed by atoms with Gasteiger partial charge in [-0.1, -0.05) is 12.1 Å². The molecule has 0 saturated carbocycles. The fraction of sp³-hybridized carbons (Fsp3) is 0.526. The smallest absolute Gasteiger partial charge is 0.409 e. The number of methoxy groups -OCH3 is 1. The van der Waals surface area contributed by atoms with Crippen LogP contribution in [-0.4, -0.2) is 62.3 Å². The first-order chi connectivity index (χ1) is 13.0. The van der Waals surface area contributed by atoms with Gasteiger partial charge in [0, 0.05) is 19.1 Å². The van der Waals surface area contributed by atoms with E-state index in [2.05, 4.69) is 5.32 Å². The van der Waals surface area contributed by atoms with Gasteiger partial charge in [-0.15, -0.1) is 0 Å². The summed E-state index contributed by atoms with van der Waals surface area (Å²) in [5, 5.41) is 2.83. The normalized spacial score (nSPS) is 14.4. The van der Waals surface area contributed by atoms with Gasteiger partial charge in [-0.25, -0.2) is 4.79 Å². The van der Waals surface area contributed by atoms with E-state index in [0.717, 1.165) is 5.56 Å². The van der Waals surface area contributed by atoms with Crippen molar-refractivity contribution in [1.29, 1.82) is 0 Å². The summed E-state index contributed by atoms with van der Waals surface area (Å²) in [5.74, 6) is -0.0967. The number of piperidine rings is 1. The highest BCUT2D eigenvalue weighted by molar-refractivity contribution is 5.81. The number of nitrogens with one attached hydrogen (secondary N) is 1. The molecule has 2 rings (SSSR count). The molecule has 1 N–H and O–H groups in total. The second-order valence-electron chi connectivity index (χ2n) is 6.21. The van der Waals surface area contributed by atoms with E-state index in [1.165, 1.54) is 0 Å². The number of rotatable bonds is 7. The summed E-state index contributed by atoms with van der Waals surface area (Å²) in [6.07, 6.45) is 1.05. The molecule has 1 aromatic rings. The maximum absolute atomic E-state index is 12.0. The second-order valence-corrected chi connectivity index (χ2v) is 6.21. The molecule has 27 heavy (non-hydrogen) atoms. The Hall–Kier alpha value is -2.77. The summed E-state index contributed by atoms with van der Waals surface area (Å²) in [6.45, 7) is 2.85. The first kappa shape index (κ1) is 20.5. The molecule has 2 amide bonds. The molecule has 0 aromatic heterocycles. The van der Waals surface area contributed by atoms with Crippen LogP contribution in [0.1, 0.15) is 25.3 Å². The molecular formula is C19H26N2O6. The van der Waals surface area contributed by atoms with Crippen molar-refractivity contribution in [2.24, 2.45) is 0 Å². The fourth-order valence-electron chi connectivity index (χ4n) is 2.80. The molecule has 1 fully saturated rings. The minimum atomic E-state index is -0.465. The molecule has 1 aliphatic heterocycles. The van der Waals surface area contributed by atoms with Gasteiger partial charge >= 0.3 is 12.1 Å². The zero-order valence-corrected chi connectivity index (χ0v) is 15.7. The maximum Gasteiger partial charge on any atom is 0.409 e. The van der Waals surface area contributed by atoms with Crippen LogP contribution in [0.3, 0.4) is 0 Å². The van der Waals surface area contributed by atoms with E-state index in [-0.39, 0.29) is 31.1 Å². The average Bonchev–Trinajstić information content (AvgIpc) is 2.68. The number of esters is 1. The van der Waals surface area contributed by atoms with E-state index < -0.39 is 5.97 Å². The Morgan fingerprint density at radius 2 is 1.78 bits per heavy atom. The van der Waals surface area contributed by atoms with Crippen molar-refractivity contribution in [1.82, 2.24) is 10.2 Å². The molecular weight excluding hydrogens is 352 g/mol. The van der Waals surface area contributed by atoms with Gasteiger partial charge in [0.25, 0.3) is 5.91 Å². The molecule has 8 heteroatoms. The summed E-state index contributed by atoms with van der Waals surface area (Å²) >= 11 is 0.